The number of nitrogens with zero attached hydrogens (tertiary/aromatic N) is 4. The molecular weight excluding hydrogens is 438 g/mol. The molecule has 6 nitrogen and oxygen atoms in total. The number of allylic oxidation sites excluding steroid dienone is 1. The van der Waals surface area contributed by atoms with Gasteiger partial charge in [-0.2, -0.15) is 5.26 Å². The van der Waals surface area contributed by atoms with Crippen molar-refractivity contribution in [3.8, 4) is 17.5 Å². The Labute approximate surface area is 196 Å². The van der Waals surface area contributed by atoms with Crippen LogP contribution in [0.5, 0.6) is 0 Å². The molecule has 0 bridgehead atoms. The largest absolute Gasteiger partial charge is 0.316 e. The van der Waals surface area contributed by atoms with Gasteiger partial charge in [0.1, 0.15) is 11.1 Å². The number of fused-ring (bicyclic) bond motifs is 1. The molecule has 1 unspecified atom stereocenters. The van der Waals surface area contributed by atoms with Gasteiger partial charge in [0.15, 0.2) is 11.0 Å². The normalized spacial score (nSPS) is 15.1. The molecule has 0 aliphatic heterocycles. The first kappa shape index (κ1) is 22.3. The number of nitrogens with one attached hydrogen (secondary N) is 1. The number of amides is 1. The van der Waals surface area contributed by atoms with Gasteiger partial charge in [0.05, 0.1) is 11.3 Å². The number of thiophene rings is 1. The number of nitriles is 1. The van der Waals surface area contributed by atoms with Crippen molar-refractivity contribution in [3.63, 3.8) is 0 Å². The van der Waals surface area contributed by atoms with Gasteiger partial charge in [-0.1, -0.05) is 54.6 Å². The number of aryl methyl sites for hydroxylation is 1. The second kappa shape index (κ2) is 9.72. The van der Waals surface area contributed by atoms with E-state index in [2.05, 4.69) is 35.1 Å². The first-order valence-electron chi connectivity index (χ1n) is 10.6. The van der Waals surface area contributed by atoms with E-state index in [9.17, 15) is 10.1 Å². The molecule has 0 saturated carbocycles. The number of thioether (sulfide) groups is 1. The highest BCUT2D eigenvalue weighted by molar-refractivity contribution is 7.99. The van der Waals surface area contributed by atoms with Crippen molar-refractivity contribution in [1.29, 1.82) is 5.26 Å². The van der Waals surface area contributed by atoms with Gasteiger partial charge in [-0.25, -0.2) is 0 Å². The fourth-order valence-electron chi connectivity index (χ4n) is 3.86. The van der Waals surface area contributed by atoms with E-state index in [1.807, 2.05) is 35.8 Å². The van der Waals surface area contributed by atoms with Crippen LogP contribution in [0.1, 0.15) is 34.9 Å². The lowest BCUT2D eigenvalue weighted by Gasteiger charge is -2.17. The molecule has 32 heavy (non-hydrogen) atoms. The van der Waals surface area contributed by atoms with Crippen LogP contribution >= 0.6 is 23.1 Å². The third kappa shape index (κ3) is 4.64. The summed E-state index contributed by atoms with van der Waals surface area (Å²) in [6.07, 6.45) is 4.77. The van der Waals surface area contributed by atoms with Gasteiger partial charge in [0.2, 0.25) is 5.91 Å². The molecule has 0 fully saturated rings. The van der Waals surface area contributed by atoms with Crippen LogP contribution in [-0.2, 0) is 24.2 Å². The van der Waals surface area contributed by atoms with E-state index in [0.29, 0.717) is 28.2 Å². The molecule has 2 aromatic heterocycles. The zero-order chi connectivity index (χ0) is 22.7. The molecule has 0 radical (unpaired) electrons. The second-order valence-electron chi connectivity index (χ2n) is 8.08. The van der Waals surface area contributed by atoms with Crippen LogP contribution in [0.25, 0.3) is 11.4 Å². The number of aromatic nitrogens is 3. The first-order valence-corrected chi connectivity index (χ1v) is 12.4. The van der Waals surface area contributed by atoms with Crippen LogP contribution in [0.15, 0.2) is 42.1 Å². The Morgan fingerprint density at radius 2 is 2.19 bits per heavy atom. The summed E-state index contributed by atoms with van der Waals surface area (Å²) < 4.78 is 1.96. The van der Waals surface area contributed by atoms with Gasteiger partial charge < -0.3 is 5.32 Å². The van der Waals surface area contributed by atoms with Crippen molar-refractivity contribution in [2.75, 3.05) is 11.1 Å². The fraction of sp³-hybridized carbons (Fsp3) is 0.333. The van der Waals surface area contributed by atoms with E-state index in [4.69, 9.17) is 0 Å². The molecule has 3 aromatic rings. The molecule has 1 N–H and O–H groups in total. The number of benzene rings is 1. The minimum atomic E-state index is -0.150. The number of carbonyl (C=O) groups is 1. The zero-order valence-corrected chi connectivity index (χ0v) is 19.9. The standard InChI is InChI=1S/C24H25N5OS2/c1-4-11-29-22(17-8-5-15(2)6-9-17)27-28-24(29)31-14-21(30)26-23-19(13-25)18-10-7-16(3)12-20(18)32-23/h4-6,8-9,16H,1,7,10-12,14H2,2-3H3,(H,26,30). The van der Waals surface area contributed by atoms with Crippen LogP contribution in [0.4, 0.5) is 5.00 Å². The van der Waals surface area contributed by atoms with E-state index in [1.165, 1.54) is 22.2 Å². The molecule has 1 amide bonds. The zero-order valence-electron chi connectivity index (χ0n) is 18.2. The highest BCUT2D eigenvalue weighted by atomic mass is 32.2. The number of rotatable bonds is 7. The van der Waals surface area contributed by atoms with Crippen molar-refractivity contribution in [2.45, 2.75) is 44.8 Å². The minimum absolute atomic E-state index is 0.150. The molecule has 1 atom stereocenters. The van der Waals surface area contributed by atoms with Gasteiger partial charge in [-0.05, 0) is 37.7 Å². The lowest BCUT2D eigenvalue weighted by Crippen LogP contribution is -2.15. The first-order chi connectivity index (χ1) is 15.5. The maximum Gasteiger partial charge on any atom is 0.235 e. The SMILES string of the molecule is C=CCn1c(SCC(=O)Nc2sc3c(c2C#N)CCC(C)C3)nnc1-c1ccc(C)cc1. The summed E-state index contributed by atoms with van der Waals surface area (Å²) in [6, 6.07) is 10.4. The molecule has 0 saturated heterocycles. The maximum absolute atomic E-state index is 12.7. The predicted molar refractivity (Wildman–Crippen MR) is 130 cm³/mol. The van der Waals surface area contributed by atoms with Crippen molar-refractivity contribution in [3.05, 3.63) is 58.5 Å². The summed E-state index contributed by atoms with van der Waals surface area (Å²) in [5.74, 6) is 1.40. The molecule has 4 rings (SSSR count). The number of hydrogen-bond acceptors (Lipinski definition) is 6. The summed E-state index contributed by atoms with van der Waals surface area (Å²) in [4.78, 5) is 13.9. The minimum Gasteiger partial charge on any atom is -0.316 e. The summed E-state index contributed by atoms with van der Waals surface area (Å²) in [6.45, 7) is 8.66. The van der Waals surface area contributed by atoms with Crippen LogP contribution in [0, 0.1) is 24.2 Å². The van der Waals surface area contributed by atoms with Crippen molar-refractivity contribution < 1.29 is 4.79 Å². The third-order valence-electron chi connectivity index (χ3n) is 5.55. The van der Waals surface area contributed by atoms with E-state index < -0.39 is 0 Å². The Hall–Kier alpha value is -2.89. The molecule has 8 heteroatoms. The lowest BCUT2D eigenvalue weighted by atomic mass is 9.89. The van der Waals surface area contributed by atoms with E-state index in [0.717, 1.165) is 36.2 Å². The Kier molecular flexibility index (Phi) is 6.77. The third-order valence-corrected chi connectivity index (χ3v) is 7.68. The number of hydrogen-bond donors (Lipinski definition) is 1. The van der Waals surface area contributed by atoms with Gasteiger partial charge >= 0.3 is 0 Å². The van der Waals surface area contributed by atoms with Crippen LogP contribution in [0.2, 0.25) is 0 Å². The predicted octanol–water partition coefficient (Wildman–Crippen LogP) is 5.23. The molecule has 1 aromatic carbocycles. The van der Waals surface area contributed by atoms with E-state index in [-0.39, 0.29) is 11.7 Å². The molecular formula is C24H25N5OS2. The average Bonchev–Trinajstić information content (AvgIpc) is 3.33. The van der Waals surface area contributed by atoms with Gasteiger partial charge in [-0.15, -0.1) is 28.1 Å². The highest BCUT2D eigenvalue weighted by Crippen LogP contribution is 2.39. The van der Waals surface area contributed by atoms with Crippen molar-refractivity contribution in [2.24, 2.45) is 5.92 Å². The molecule has 0 spiro atoms. The molecule has 164 valence electrons. The summed E-state index contributed by atoms with van der Waals surface area (Å²) in [5.41, 5.74) is 3.90. The fourth-order valence-corrected chi connectivity index (χ4v) is 5.98. The summed E-state index contributed by atoms with van der Waals surface area (Å²) >= 11 is 2.88. The number of anilines is 1. The van der Waals surface area contributed by atoms with Crippen molar-refractivity contribution >= 4 is 34.0 Å². The summed E-state index contributed by atoms with van der Waals surface area (Å²) in [7, 11) is 0. The monoisotopic (exact) mass is 463 g/mol. The molecule has 1 aliphatic rings. The van der Waals surface area contributed by atoms with Gasteiger partial charge in [0.25, 0.3) is 0 Å². The Balaban J connectivity index is 1.47. The highest BCUT2D eigenvalue weighted by Gasteiger charge is 2.25. The Bertz CT molecular complexity index is 1190. The topological polar surface area (TPSA) is 83.6 Å². The van der Waals surface area contributed by atoms with Crippen LogP contribution in [0.3, 0.4) is 0 Å². The van der Waals surface area contributed by atoms with Gasteiger partial charge in [0, 0.05) is 17.0 Å². The smallest absolute Gasteiger partial charge is 0.235 e. The molecule has 1 aliphatic carbocycles. The van der Waals surface area contributed by atoms with Gasteiger partial charge in [-0.3, -0.25) is 9.36 Å². The van der Waals surface area contributed by atoms with Crippen LogP contribution < -0.4 is 5.32 Å². The Morgan fingerprint density at radius 1 is 1.41 bits per heavy atom. The quantitative estimate of drug-likeness (QED) is 0.383. The van der Waals surface area contributed by atoms with Crippen molar-refractivity contribution in [1.82, 2.24) is 14.8 Å². The second-order valence-corrected chi connectivity index (χ2v) is 10.1. The lowest BCUT2D eigenvalue weighted by molar-refractivity contribution is -0.113. The Morgan fingerprint density at radius 3 is 2.91 bits per heavy atom. The summed E-state index contributed by atoms with van der Waals surface area (Å²) in [5, 5.41) is 22.6. The maximum atomic E-state index is 12.7. The van der Waals surface area contributed by atoms with E-state index in [1.54, 1.807) is 17.4 Å². The average molecular weight is 464 g/mol. The number of carbonyl (C=O) groups excluding carboxylic acids is 1. The van der Waals surface area contributed by atoms with E-state index >= 15 is 0 Å². The van der Waals surface area contributed by atoms with Crippen LogP contribution in [-0.4, -0.2) is 26.4 Å². The molecule has 2 heterocycles.